The van der Waals surface area contributed by atoms with Gasteiger partial charge in [-0.25, -0.2) is 0 Å². The average molecular weight is 286 g/mol. The zero-order valence-corrected chi connectivity index (χ0v) is 11.8. The highest BCUT2D eigenvalue weighted by molar-refractivity contribution is 6.24. The van der Waals surface area contributed by atoms with Crippen LogP contribution in [-0.4, -0.2) is 16.3 Å². The van der Waals surface area contributed by atoms with Crippen molar-refractivity contribution in [3.05, 3.63) is 65.7 Å². The van der Waals surface area contributed by atoms with E-state index < -0.39 is 12.2 Å². The summed E-state index contributed by atoms with van der Waals surface area (Å²) in [6, 6.07) is 16.8. The molecule has 5 rings (SSSR count). The van der Waals surface area contributed by atoms with Gasteiger partial charge in [0.15, 0.2) is 0 Å². The Morgan fingerprint density at radius 1 is 0.773 bits per heavy atom. The number of fused-ring (bicyclic) bond motifs is 2. The Labute approximate surface area is 127 Å². The third-order valence-electron chi connectivity index (χ3n) is 4.82. The van der Waals surface area contributed by atoms with Crippen LogP contribution in [0.25, 0.3) is 38.4 Å². The lowest BCUT2D eigenvalue weighted by Crippen LogP contribution is -2.19. The Kier molecular flexibility index (Phi) is 2.25. The summed E-state index contributed by atoms with van der Waals surface area (Å²) in [5.74, 6) is 0. The Morgan fingerprint density at radius 3 is 2.32 bits per heavy atom. The third kappa shape index (κ3) is 1.41. The highest BCUT2D eigenvalue weighted by Crippen LogP contribution is 2.41. The fourth-order valence-corrected chi connectivity index (χ4v) is 3.77. The van der Waals surface area contributed by atoms with Gasteiger partial charge in [0.25, 0.3) is 0 Å². The van der Waals surface area contributed by atoms with Crippen molar-refractivity contribution >= 4 is 38.4 Å². The van der Waals surface area contributed by atoms with Crippen LogP contribution in [0.2, 0.25) is 0 Å². The van der Waals surface area contributed by atoms with Gasteiger partial charge in [0.05, 0.1) is 0 Å². The molecular weight excluding hydrogens is 272 g/mol. The molecule has 0 aromatic heterocycles. The molecule has 2 atom stereocenters. The van der Waals surface area contributed by atoms with E-state index in [0.717, 1.165) is 21.9 Å². The number of rotatable bonds is 0. The number of aliphatic hydroxyl groups is 2. The van der Waals surface area contributed by atoms with Crippen molar-refractivity contribution in [3.8, 4) is 0 Å². The summed E-state index contributed by atoms with van der Waals surface area (Å²) in [5.41, 5.74) is 1.82. The van der Waals surface area contributed by atoms with Gasteiger partial charge in [-0.15, -0.1) is 0 Å². The fourth-order valence-electron chi connectivity index (χ4n) is 3.77. The highest BCUT2D eigenvalue weighted by atomic mass is 16.3. The molecule has 2 heteroatoms. The molecule has 2 nitrogen and oxygen atoms in total. The van der Waals surface area contributed by atoms with Crippen molar-refractivity contribution in [2.75, 3.05) is 0 Å². The second-order valence-corrected chi connectivity index (χ2v) is 6.03. The first-order chi connectivity index (χ1) is 10.7. The highest BCUT2D eigenvalue weighted by Gasteiger charge is 2.25. The van der Waals surface area contributed by atoms with E-state index in [1.165, 1.54) is 21.5 Å². The first-order valence-electron chi connectivity index (χ1n) is 7.49. The van der Waals surface area contributed by atoms with E-state index in [2.05, 4.69) is 42.5 Å². The predicted molar refractivity (Wildman–Crippen MR) is 90.1 cm³/mol. The number of hydrogen-bond acceptors (Lipinski definition) is 2. The molecule has 0 amide bonds. The van der Waals surface area contributed by atoms with E-state index in [4.69, 9.17) is 0 Å². The summed E-state index contributed by atoms with van der Waals surface area (Å²) in [6.45, 7) is 0. The van der Waals surface area contributed by atoms with Gasteiger partial charge in [0.2, 0.25) is 0 Å². The molecule has 0 radical (unpaired) electrons. The molecule has 0 saturated carbocycles. The first kappa shape index (κ1) is 12.2. The van der Waals surface area contributed by atoms with Crippen LogP contribution >= 0.6 is 0 Å². The Bertz CT molecular complexity index is 1050. The predicted octanol–water partition coefficient (Wildman–Crippen LogP) is 4.01. The van der Waals surface area contributed by atoms with Crippen LogP contribution in [0.15, 0.2) is 54.6 Å². The maximum absolute atomic E-state index is 10.3. The average Bonchev–Trinajstić information content (AvgIpc) is 2.56. The number of benzene rings is 4. The van der Waals surface area contributed by atoms with Crippen LogP contribution < -0.4 is 0 Å². The molecule has 0 bridgehead atoms. The molecule has 2 N–H and O–H groups in total. The van der Waals surface area contributed by atoms with Crippen LogP contribution in [0.5, 0.6) is 0 Å². The van der Waals surface area contributed by atoms with Gasteiger partial charge < -0.3 is 10.2 Å². The van der Waals surface area contributed by atoms with Crippen molar-refractivity contribution in [1.82, 2.24) is 0 Å². The summed E-state index contributed by atoms with van der Waals surface area (Å²) in [5, 5.41) is 27.4. The van der Waals surface area contributed by atoms with Gasteiger partial charge in [-0.1, -0.05) is 54.6 Å². The summed E-state index contributed by atoms with van der Waals surface area (Å²) >= 11 is 0. The van der Waals surface area contributed by atoms with Gasteiger partial charge in [0, 0.05) is 0 Å². The minimum absolute atomic E-state index is 0.806. The van der Waals surface area contributed by atoms with E-state index in [9.17, 15) is 10.2 Å². The second kappa shape index (κ2) is 4.07. The van der Waals surface area contributed by atoms with E-state index in [1.807, 2.05) is 12.1 Å². The molecule has 4 aromatic rings. The Balaban J connectivity index is 2.05. The summed E-state index contributed by atoms with van der Waals surface area (Å²) in [6.07, 6.45) is 1.91. The molecule has 1 aliphatic rings. The molecule has 0 saturated heterocycles. The molecule has 4 aromatic carbocycles. The molecule has 0 spiro atoms. The van der Waals surface area contributed by atoms with E-state index in [-0.39, 0.29) is 0 Å². The zero-order chi connectivity index (χ0) is 14.8. The Hall–Kier alpha value is -2.42. The minimum Gasteiger partial charge on any atom is -0.386 e. The molecule has 0 unspecified atom stereocenters. The van der Waals surface area contributed by atoms with Crippen LogP contribution in [0.3, 0.4) is 0 Å². The molecule has 0 fully saturated rings. The quantitative estimate of drug-likeness (QED) is 0.480. The lowest BCUT2D eigenvalue weighted by Gasteiger charge is -2.24. The van der Waals surface area contributed by atoms with Crippen LogP contribution in [0, 0.1) is 0 Å². The molecular formula is C20H14O2. The monoisotopic (exact) mass is 286 g/mol. The maximum atomic E-state index is 10.3. The molecule has 0 aliphatic heterocycles. The molecule has 22 heavy (non-hydrogen) atoms. The third-order valence-corrected chi connectivity index (χ3v) is 4.82. The first-order valence-corrected chi connectivity index (χ1v) is 7.49. The second-order valence-electron chi connectivity index (χ2n) is 6.03. The lowest BCUT2D eigenvalue weighted by atomic mass is 9.84. The van der Waals surface area contributed by atoms with Crippen LogP contribution in [0.1, 0.15) is 17.2 Å². The zero-order valence-electron chi connectivity index (χ0n) is 11.8. The number of aliphatic hydroxyl groups excluding tert-OH is 2. The smallest absolute Gasteiger partial charge is 0.109 e. The standard InChI is InChI=1S/C20H14O2/c21-17-9-8-14-15-7-6-12-3-1-2-11-4-5-13(19(15)18(11)12)10-16(14)20(17)22/h1-10,17,20-22H/t17-,20+/m1/s1. The van der Waals surface area contributed by atoms with Gasteiger partial charge in [0.1, 0.15) is 12.2 Å². The largest absolute Gasteiger partial charge is 0.386 e. The van der Waals surface area contributed by atoms with Crippen molar-refractivity contribution < 1.29 is 10.2 Å². The molecule has 0 heterocycles. The maximum Gasteiger partial charge on any atom is 0.109 e. The normalized spacial score (nSPS) is 21.0. The van der Waals surface area contributed by atoms with Crippen LogP contribution in [-0.2, 0) is 0 Å². The summed E-state index contributed by atoms with van der Waals surface area (Å²) in [4.78, 5) is 0. The van der Waals surface area contributed by atoms with E-state index in [0.29, 0.717) is 0 Å². The molecule has 106 valence electrons. The lowest BCUT2D eigenvalue weighted by molar-refractivity contribution is 0.0472. The van der Waals surface area contributed by atoms with Crippen molar-refractivity contribution in [1.29, 1.82) is 0 Å². The van der Waals surface area contributed by atoms with E-state index in [1.54, 1.807) is 6.08 Å². The number of hydrogen-bond donors (Lipinski definition) is 2. The summed E-state index contributed by atoms with van der Waals surface area (Å²) < 4.78 is 0. The van der Waals surface area contributed by atoms with Gasteiger partial charge in [-0.05, 0) is 49.5 Å². The van der Waals surface area contributed by atoms with Gasteiger partial charge in [-0.3, -0.25) is 0 Å². The van der Waals surface area contributed by atoms with Crippen molar-refractivity contribution in [2.45, 2.75) is 12.2 Å². The van der Waals surface area contributed by atoms with Crippen molar-refractivity contribution in [3.63, 3.8) is 0 Å². The summed E-state index contributed by atoms with van der Waals surface area (Å²) in [7, 11) is 0. The van der Waals surface area contributed by atoms with E-state index >= 15 is 0 Å². The fraction of sp³-hybridized carbons (Fsp3) is 0.100. The topological polar surface area (TPSA) is 40.5 Å². The SMILES string of the molecule is O[C@@H]1C=Cc2c(cc3ccc4cccc5ccc2c3c45)[C@@H]1O. The minimum atomic E-state index is -0.859. The Morgan fingerprint density at radius 2 is 1.50 bits per heavy atom. The van der Waals surface area contributed by atoms with Gasteiger partial charge in [-0.2, -0.15) is 0 Å². The van der Waals surface area contributed by atoms with Gasteiger partial charge >= 0.3 is 0 Å². The van der Waals surface area contributed by atoms with Crippen LogP contribution in [0.4, 0.5) is 0 Å². The molecule has 1 aliphatic carbocycles. The van der Waals surface area contributed by atoms with Crippen molar-refractivity contribution in [2.24, 2.45) is 0 Å².